The van der Waals surface area contributed by atoms with Crippen molar-refractivity contribution in [2.24, 2.45) is 0 Å². The fourth-order valence-corrected chi connectivity index (χ4v) is 1.47. The molecule has 0 aromatic heterocycles. The van der Waals surface area contributed by atoms with Gasteiger partial charge < -0.3 is 10.4 Å². The monoisotopic (exact) mass is 191 g/mol. The van der Waals surface area contributed by atoms with E-state index in [-0.39, 0.29) is 0 Å². The highest BCUT2D eigenvalue weighted by atomic mass is 16.4. The fraction of sp³-hybridized carbons (Fsp3) is 0.364. The molecule has 74 valence electrons. The lowest BCUT2D eigenvalue weighted by molar-refractivity contribution is 0.0698. The molecule has 2 N–H and O–H groups in total. The molecule has 14 heavy (non-hydrogen) atoms. The summed E-state index contributed by atoms with van der Waals surface area (Å²) in [6.07, 6.45) is 2.29. The average Bonchev–Trinajstić information content (AvgIpc) is 2.91. The minimum atomic E-state index is -0.864. The van der Waals surface area contributed by atoms with E-state index in [1.54, 1.807) is 12.1 Å². The van der Waals surface area contributed by atoms with Gasteiger partial charge in [0, 0.05) is 6.04 Å². The molecule has 0 amide bonds. The van der Waals surface area contributed by atoms with E-state index >= 15 is 0 Å². The number of benzene rings is 1. The Bertz CT molecular complexity index is 370. The highest BCUT2D eigenvalue weighted by Gasteiger charge is 2.23. The van der Waals surface area contributed by atoms with Crippen LogP contribution in [0.15, 0.2) is 18.2 Å². The summed E-state index contributed by atoms with van der Waals surface area (Å²) in [5, 5.41) is 12.2. The first kappa shape index (κ1) is 9.06. The predicted octanol–water partition coefficient (Wildman–Crippen LogP) is 2.27. The molecule has 3 nitrogen and oxygen atoms in total. The Balaban J connectivity index is 2.36. The predicted molar refractivity (Wildman–Crippen MR) is 54.8 cm³/mol. The van der Waals surface area contributed by atoms with Crippen LogP contribution >= 0.6 is 0 Å². The van der Waals surface area contributed by atoms with E-state index in [1.165, 1.54) is 0 Å². The molecule has 3 heteroatoms. The number of carbonyl (C=O) groups is 1. The molecule has 0 bridgehead atoms. The van der Waals surface area contributed by atoms with Gasteiger partial charge in [-0.1, -0.05) is 12.1 Å². The van der Waals surface area contributed by atoms with Gasteiger partial charge in [-0.3, -0.25) is 0 Å². The summed E-state index contributed by atoms with van der Waals surface area (Å²) < 4.78 is 0. The van der Waals surface area contributed by atoms with Crippen LogP contribution in [0.3, 0.4) is 0 Å². The standard InChI is InChI=1S/C11H13NO2/c1-7-3-2-4-9(11(13)14)10(7)12-8-5-6-8/h2-4,8,12H,5-6H2,1H3,(H,13,14). The van der Waals surface area contributed by atoms with Crippen molar-refractivity contribution in [1.29, 1.82) is 0 Å². The molecule has 0 atom stereocenters. The van der Waals surface area contributed by atoms with E-state index in [2.05, 4.69) is 5.32 Å². The lowest BCUT2D eigenvalue weighted by Crippen LogP contribution is -2.09. The van der Waals surface area contributed by atoms with Gasteiger partial charge in [-0.25, -0.2) is 4.79 Å². The Labute approximate surface area is 82.8 Å². The molecule has 1 aliphatic rings. The van der Waals surface area contributed by atoms with Gasteiger partial charge in [0.05, 0.1) is 11.3 Å². The van der Waals surface area contributed by atoms with Gasteiger partial charge in [-0.2, -0.15) is 0 Å². The number of nitrogens with one attached hydrogen (secondary N) is 1. The van der Waals surface area contributed by atoms with Crippen LogP contribution in [0.2, 0.25) is 0 Å². The van der Waals surface area contributed by atoms with Crippen LogP contribution in [-0.2, 0) is 0 Å². The molecule has 2 rings (SSSR count). The Morgan fingerprint density at radius 3 is 2.79 bits per heavy atom. The van der Waals surface area contributed by atoms with Crippen LogP contribution in [0.5, 0.6) is 0 Å². The Hall–Kier alpha value is -1.51. The maximum atomic E-state index is 10.9. The lowest BCUT2D eigenvalue weighted by atomic mass is 10.1. The van der Waals surface area contributed by atoms with Crippen LogP contribution in [-0.4, -0.2) is 17.1 Å². The molecular weight excluding hydrogens is 178 g/mol. The number of carboxylic acids is 1. The summed E-state index contributed by atoms with van der Waals surface area (Å²) in [4.78, 5) is 10.9. The van der Waals surface area contributed by atoms with Gasteiger partial charge in [-0.15, -0.1) is 0 Å². The molecule has 0 radical (unpaired) electrons. The molecular formula is C11H13NO2. The van der Waals surface area contributed by atoms with Gasteiger partial charge in [0.2, 0.25) is 0 Å². The van der Waals surface area contributed by atoms with E-state index in [0.29, 0.717) is 11.6 Å². The lowest BCUT2D eigenvalue weighted by Gasteiger charge is -2.11. The van der Waals surface area contributed by atoms with Crippen molar-refractivity contribution in [2.45, 2.75) is 25.8 Å². The van der Waals surface area contributed by atoms with Crippen molar-refractivity contribution in [3.8, 4) is 0 Å². The van der Waals surface area contributed by atoms with Crippen molar-refractivity contribution >= 4 is 11.7 Å². The third-order valence-electron chi connectivity index (χ3n) is 2.43. The summed E-state index contributed by atoms with van der Waals surface area (Å²) in [6.45, 7) is 1.93. The number of para-hydroxylation sites is 1. The molecule has 1 fully saturated rings. The first-order valence-electron chi connectivity index (χ1n) is 4.78. The van der Waals surface area contributed by atoms with Gasteiger partial charge >= 0.3 is 5.97 Å². The molecule has 0 aliphatic heterocycles. The van der Waals surface area contributed by atoms with Crippen molar-refractivity contribution in [3.05, 3.63) is 29.3 Å². The van der Waals surface area contributed by atoms with Crippen molar-refractivity contribution in [3.63, 3.8) is 0 Å². The molecule has 0 heterocycles. The van der Waals surface area contributed by atoms with E-state index in [1.807, 2.05) is 13.0 Å². The quantitative estimate of drug-likeness (QED) is 0.770. The number of carboxylic acid groups (broad SMARTS) is 1. The van der Waals surface area contributed by atoms with E-state index < -0.39 is 5.97 Å². The third-order valence-corrected chi connectivity index (χ3v) is 2.43. The highest BCUT2D eigenvalue weighted by molar-refractivity contribution is 5.95. The summed E-state index contributed by atoms with van der Waals surface area (Å²) >= 11 is 0. The minimum absolute atomic E-state index is 0.372. The first-order chi connectivity index (χ1) is 6.68. The largest absolute Gasteiger partial charge is 0.478 e. The molecule has 1 aliphatic carbocycles. The van der Waals surface area contributed by atoms with E-state index in [0.717, 1.165) is 24.1 Å². The number of aromatic carboxylic acids is 1. The Morgan fingerprint density at radius 1 is 1.50 bits per heavy atom. The van der Waals surface area contributed by atoms with Crippen molar-refractivity contribution in [1.82, 2.24) is 0 Å². The zero-order valence-electron chi connectivity index (χ0n) is 8.08. The molecule has 0 spiro atoms. The zero-order chi connectivity index (χ0) is 10.1. The van der Waals surface area contributed by atoms with Crippen molar-refractivity contribution in [2.75, 3.05) is 5.32 Å². The van der Waals surface area contributed by atoms with Gasteiger partial charge in [-0.05, 0) is 31.4 Å². The van der Waals surface area contributed by atoms with E-state index in [4.69, 9.17) is 5.11 Å². The van der Waals surface area contributed by atoms with Crippen LogP contribution in [0, 0.1) is 6.92 Å². The maximum Gasteiger partial charge on any atom is 0.337 e. The van der Waals surface area contributed by atoms with Crippen molar-refractivity contribution < 1.29 is 9.90 Å². The second-order valence-electron chi connectivity index (χ2n) is 3.72. The Morgan fingerprint density at radius 2 is 2.21 bits per heavy atom. The van der Waals surface area contributed by atoms with Crippen LogP contribution < -0.4 is 5.32 Å². The molecule has 0 saturated heterocycles. The van der Waals surface area contributed by atoms with Crippen LogP contribution in [0.25, 0.3) is 0 Å². The molecule has 1 aromatic carbocycles. The number of anilines is 1. The smallest absolute Gasteiger partial charge is 0.337 e. The minimum Gasteiger partial charge on any atom is -0.478 e. The van der Waals surface area contributed by atoms with Gasteiger partial charge in [0.1, 0.15) is 0 Å². The second-order valence-corrected chi connectivity index (χ2v) is 3.72. The third kappa shape index (κ3) is 1.71. The number of aryl methyl sites for hydroxylation is 1. The summed E-state index contributed by atoms with van der Waals surface area (Å²) in [5.41, 5.74) is 2.15. The van der Waals surface area contributed by atoms with Gasteiger partial charge in [0.15, 0.2) is 0 Å². The van der Waals surface area contributed by atoms with Crippen LogP contribution in [0.4, 0.5) is 5.69 Å². The molecule has 1 aromatic rings. The average molecular weight is 191 g/mol. The molecule has 0 unspecified atom stereocenters. The van der Waals surface area contributed by atoms with Gasteiger partial charge in [0.25, 0.3) is 0 Å². The normalized spacial score (nSPS) is 15.2. The Kier molecular flexibility index (Phi) is 2.15. The summed E-state index contributed by atoms with van der Waals surface area (Å²) in [6, 6.07) is 5.82. The SMILES string of the molecule is Cc1cccc(C(=O)O)c1NC1CC1. The topological polar surface area (TPSA) is 49.3 Å². The second kappa shape index (κ2) is 3.33. The zero-order valence-corrected chi connectivity index (χ0v) is 8.08. The highest BCUT2D eigenvalue weighted by Crippen LogP contribution is 2.29. The first-order valence-corrected chi connectivity index (χ1v) is 4.78. The molecule has 1 saturated carbocycles. The fourth-order valence-electron chi connectivity index (χ4n) is 1.47. The number of hydrogen-bond donors (Lipinski definition) is 2. The number of rotatable bonds is 3. The van der Waals surface area contributed by atoms with E-state index in [9.17, 15) is 4.79 Å². The maximum absolute atomic E-state index is 10.9. The van der Waals surface area contributed by atoms with Crippen LogP contribution in [0.1, 0.15) is 28.8 Å². The summed E-state index contributed by atoms with van der Waals surface area (Å²) in [5.74, 6) is -0.864. The number of hydrogen-bond acceptors (Lipinski definition) is 2. The summed E-state index contributed by atoms with van der Waals surface area (Å²) in [7, 11) is 0.